The molecule has 0 aliphatic carbocycles. The Morgan fingerprint density at radius 3 is 0.364 bits per heavy atom. The van der Waals surface area contributed by atoms with E-state index in [9.17, 15) is 0 Å². The second kappa shape index (κ2) is 81.8. The van der Waals surface area contributed by atoms with Crippen LogP contribution in [0.15, 0.2) is 0 Å². The van der Waals surface area contributed by atoms with Crippen molar-refractivity contribution in [2.45, 2.75) is 0 Å². The van der Waals surface area contributed by atoms with Gasteiger partial charge in [0.1, 0.15) is 0 Å². The van der Waals surface area contributed by atoms with Crippen molar-refractivity contribution >= 4 is 194 Å². The largest absolute Gasteiger partial charge is 2.00 e. The standard InChI is InChI=1S/2Al.3In.3Ni.3Tl/q;;;;;3*+2;;;. The molecule has 0 aromatic heterocycles. The molecule has 0 aliphatic heterocycles. The van der Waals surface area contributed by atoms with E-state index in [-0.39, 0.29) is 244 Å². The molecule has 0 saturated carbocycles. The summed E-state index contributed by atoms with van der Waals surface area (Å²) in [6, 6.07) is 0. The van der Waals surface area contributed by atoms with Gasteiger partial charge in [0.15, 0.2) is 0 Å². The first-order chi connectivity index (χ1) is 0. The predicted molar refractivity (Wildman–Crippen MR) is 46.0 cm³/mol. The molecular weight excluding hydrogens is 1190 g/mol. The first-order valence-electron chi connectivity index (χ1n) is 0. The molecule has 0 unspecified atom stereocenters. The van der Waals surface area contributed by atoms with Crippen LogP contribution in [0.2, 0.25) is 0 Å². The van der Waals surface area contributed by atoms with Crippen LogP contribution in [-0.2, 0) is 49.5 Å². The molecule has 0 fully saturated rings. The van der Waals surface area contributed by atoms with Crippen molar-refractivity contribution in [2.75, 3.05) is 0 Å². The molecule has 11 heavy (non-hydrogen) atoms. The average molecular weight is 1190 g/mol. The molecule has 0 saturated heterocycles. The molecule has 0 spiro atoms. The third-order valence-electron chi connectivity index (χ3n) is 0. The molecule has 0 aromatic carbocycles. The summed E-state index contributed by atoms with van der Waals surface area (Å²) in [5.41, 5.74) is 0. The van der Waals surface area contributed by atoms with Crippen LogP contribution >= 0.6 is 0 Å². The Hall–Kier alpha value is 7.92. The summed E-state index contributed by atoms with van der Waals surface area (Å²) < 4.78 is 0. The van der Waals surface area contributed by atoms with Gasteiger partial charge in [0.25, 0.3) is 0 Å². The van der Waals surface area contributed by atoms with Gasteiger partial charge < -0.3 is 0 Å². The van der Waals surface area contributed by atoms with Gasteiger partial charge in [0, 0.05) is 194 Å². The third kappa shape index (κ3) is 72.4. The molecule has 0 N–H and O–H groups in total. The minimum atomic E-state index is 0. The van der Waals surface area contributed by atoms with Crippen LogP contribution in [-0.4, -0.2) is 194 Å². The zero-order valence-corrected chi connectivity index (χ0v) is 34.2. The van der Waals surface area contributed by atoms with E-state index in [0.717, 1.165) is 0 Å². The van der Waals surface area contributed by atoms with Crippen molar-refractivity contribution in [1.29, 1.82) is 0 Å². The van der Waals surface area contributed by atoms with E-state index in [2.05, 4.69) is 0 Å². The molecule has 0 aliphatic rings. The zero-order valence-electron chi connectivity index (χ0n) is 5.57. The molecule has 0 bridgehead atoms. The summed E-state index contributed by atoms with van der Waals surface area (Å²) in [7, 11) is 0. The zero-order chi connectivity index (χ0) is 0. The first kappa shape index (κ1) is 96.8. The summed E-state index contributed by atoms with van der Waals surface area (Å²) >= 11 is 0. The van der Waals surface area contributed by atoms with Gasteiger partial charge in [-0.25, -0.2) is 0 Å². The Labute approximate surface area is 237 Å². The number of hydrogen-bond donors (Lipinski definition) is 0. The van der Waals surface area contributed by atoms with Gasteiger partial charge in [-0.05, 0) is 0 Å². The summed E-state index contributed by atoms with van der Waals surface area (Å²) in [4.78, 5) is 0. The fourth-order valence-electron chi connectivity index (χ4n) is 0. The van der Waals surface area contributed by atoms with Crippen LogP contribution in [0, 0.1) is 0 Å². The van der Waals surface area contributed by atoms with E-state index in [0.29, 0.717) is 0 Å². The van der Waals surface area contributed by atoms with Crippen LogP contribution in [0.25, 0.3) is 0 Å². The van der Waals surface area contributed by atoms with Gasteiger partial charge in [0.05, 0.1) is 0 Å². The maximum Gasteiger partial charge on any atom is 2.00 e. The van der Waals surface area contributed by atoms with Crippen molar-refractivity contribution in [3.05, 3.63) is 0 Å². The van der Waals surface area contributed by atoms with E-state index >= 15 is 0 Å². The molecule has 18 radical (unpaired) electrons. The molecular formula is Al2In3Ni3Tl3+6. The van der Waals surface area contributed by atoms with Crippen LogP contribution in [0.4, 0.5) is 0 Å². The normalized spacial score (nSPS) is 0. The quantitative estimate of drug-likeness (QED) is 0.227. The van der Waals surface area contributed by atoms with Crippen molar-refractivity contribution < 1.29 is 49.5 Å². The van der Waals surface area contributed by atoms with Gasteiger partial charge in [0.2, 0.25) is 0 Å². The van der Waals surface area contributed by atoms with Crippen LogP contribution in [0.1, 0.15) is 0 Å². The minimum absolute atomic E-state index is 0. The Bertz CT molecular complexity index is 21.8. The van der Waals surface area contributed by atoms with Gasteiger partial charge in [-0.2, -0.15) is 0 Å². The van der Waals surface area contributed by atoms with Crippen molar-refractivity contribution in [1.82, 2.24) is 0 Å². The fraction of sp³-hybridized carbons (Fsp3) is 0. The van der Waals surface area contributed by atoms with Crippen molar-refractivity contribution in [3.8, 4) is 0 Å². The van der Waals surface area contributed by atoms with Gasteiger partial charge in [-0.15, -0.1) is 0 Å². The van der Waals surface area contributed by atoms with E-state index in [1.54, 1.807) is 0 Å². The SMILES string of the molecule is [Al].[Al].[In].[In].[In].[Ni+2].[Ni+2].[Ni+2].[Tl].[Tl].[Tl]. The summed E-state index contributed by atoms with van der Waals surface area (Å²) in [5.74, 6) is 0. The molecule has 0 amide bonds. The molecule has 0 atom stereocenters. The van der Waals surface area contributed by atoms with E-state index in [1.165, 1.54) is 0 Å². The van der Waals surface area contributed by atoms with Crippen LogP contribution < -0.4 is 0 Å². The Balaban J connectivity index is 0. The third-order valence-corrected chi connectivity index (χ3v) is 0. The van der Waals surface area contributed by atoms with E-state index in [4.69, 9.17) is 0 Å². The average Bonchev–Trinajstić information content (AvgIpc) is 0. The van der Waals surface area contributed by atoms with Crippen LogP contribution in [0.3, 0.4) is 0 Å². The van der Waals surface area contributed by atoms with Crippen molar-refractivity contribution in [3.63, 3.8) is 0 Å². The Morgan fingerprint density at radius 1 is 0.364 bits per heavy atom. The number of hydrogen-bond acceptors (Lipinski definition) is 0. The second-order valence-electron chi connectivity index (χ2n) is 0. The topological polar surface area (TPSA) is 0 Å². The molecule has 48 valence electrons. The smallest absolute Gasteiger partial charge is 0 e. The molecule has 0 aromatic rings. The Kier molecular flexibility index (Phi) is 720. The summed E-state index contributed by atoms with van der Waals surface area (Å²) in [6.07, 6.45) is 0. The maximum atomic E-state index is 0. The predicted octanol–water partition coefficient (Wildman–Crippen LogP) is -3.05. The second-order valence-corrected chi connectivity index (χ2v) is 0. The van der Waals surface area contributed by atoms with Crippen LogP contribution in [0.5, 0.6) is 0 Å². The molecule has 11 heteroatoms. The Morgan fingerprint density at radius 2 is 0.364 bits per heavy atom. The van der Waals surface area contributed by atoms with Gasteiger partial charge in [-0.3, -0.25) is 0 Å². The van der Waals surface area contributed by atoms with E-state index in [1.807, 2.05) is 0 Å². The molecule has 0 nitrogen and oxygen atoms in total. The molecule has 0 heterocycles. The van der Waals surface area contributed by atoms with Gasteiger partial charge in [-0.1, -0.05) is 0 Å². The van der Waals surface area contributed by atoms with E-state index < -0.39 is 0 Å². The van der Waals surface area contributed by atoms with Gasteiger partial charge >= 0.3 is 49.5 Å². The fourth-order valence-corrected chi connectivity index (χ4v) is 0. The van der Waals surface area contributed by atoms with Crippen molar-refractivity contribution in [2.24, 2.45) is 0 Å². The summed E-state index contributed by atoms with van der Waals surface area (Å²) in [6.45, 7) is 0. The minimum Gasteiger partial charge on any atom is 0 e. The molecule has 0 rings (SSSR count). The summed E-state index contributed by atoms with van der Waals surface area (Å²) in [5, 5.41) is 0. The monoisotopic (exact) mass is 1190 g/mol. The first-order valence-corrected chi connectivity index (χ1v) is 0. The number of rotatable bonds is 0. The maximum absolute atomic E-state index is 0.